The van der Waals surface area contributed by atoms with Crippen LogP contribution in [0.5, 0.6) is 34.5 Å². The average Bonchev–Trinajstić information content (AvgIpc) is 3.24. The molecule has 0 saturated heterocycles. The molecule has 0 aromatic heterocycles. The zero-order chi connectivity index (χ0) is 41.6. The van der Waals surface area contributed by atoms with Gasteiger partial charge in [-0.25, -0.2) is 9.59 Å². The molecule has 0 spiro atoms. The maximum atomic E-state index is 12.2. The molecule has 3 rings (SSSR count). The Morgan fingerprint density at radius 2 is 0.914 bits per heavy atom. The molecule has 0 heterocycles. The standard InChI is InChI=1S/C47H64O11/c1-5-7-25-55-42-21-17-37(33-44(42)51-3)19-23-46(49)57-29-15-11-9-13-27-53-40-31-39(36-48)32-41(35-40)54-28-14-10-12-16-30-58-47(50)24-20-38-18-22-43(45(34-38)52-4)56-26-8-6-2/h17-24,31-35,48H,5-16,25-30,36H2,1-4H3/b23-19+,24-20+. The molecule has 1 N–H and O–H groups in total. The van der Waals surface area contributed by atoms with E-state index in [1.165, 1.54) is 12.2 Å². The van der Waals surface area contributed by atoms with Crippen LogP contribution in [-0.2, 0) is 25.7 Å². The third kappa shape index (κ3) is 19.3. The maximum Gasteiger partial charge on any atom is 0.330 e. The average molecular weight is 805 g/mol. The number of esters is 2. The summed E-state index contributed by atoms with van der Waals surface area (Å²) in [5.74, 6) is 3.17. The van der Waals surface area contributed by atoms with Gasteiger partial charge in [-0.05, 0) is 129 Å². The second kappa shape index (κ2) is 29.1. The molecule has 0 bridgehead atoms. The molecule has 3 aromatic carbocycles. The Balaban J connectivity index is 1.23. The number of carbonyl (C=O) groups excluding carboxylic acids is 2. The highest BCUT2D eigenvalue weighted by atomic mass is 16.5. The van der Waals surface area contributed by atoms with Gasteiger partial charge in [-0.1, -0.05) is 38.8 Å². The summed E-state index contributed by atoms with van der Waals surface area (Å²) >= 11 is 0. The molecule has 58 heavy (non-hydrogen) atoms. The van der Waals surface area contributed by atoms with E-state index in [9.17, 15) is 14.7 Å². The Kier molecular flexibility index (Phi) is 23.7. The SMILES string of the molecule is CCCCOc1ccc(/C=C/C(=O)OCCCCCCOc2cc(CO)cc(OCCCCCCOC(=O)/C=C/c3ccc(OCCCC)c(OC)c3)c2)cc1OC. The molecule has 0 aliphatic carbocycles. The van der Waals surface area contributed by atoms with Crippen LogP contribution in [0.4, 0.5) is 0 Å². The minimum absolute atomic E-state index is 0.113. The molecule has 11 heteroatoms. The van der Waals surface area contributed by atoms with Gasteiger partial charge in [-0.2, -0.15) is 0 Å². The lowest BCUT2D eigenvalue weighted by Crippen LogP contribution is -2.04. The second-order valence-electron chi connectivity index (χ2n) is 13.7. The van der Waals surface area contributed by atoms with Gasteiger partial charge in [0.1, 0.15) is 11.5 Å². The molecular weight excluding hydrogens is 741 g/mol. The fourth-order valence-corrected chi connectivity index (χ4v) is 5.62. The van der Waals surface area contributed by atoms with E-state index in [4.69, 9.17) is 37.9 Å². The van der Waals surface area contributed by atoms with E-state index in [1.807, 2.05) is 54.6 Å². The zero-order valence-corrected chi connectivity index (χ0v) is 35.0. The van der Waals surface area contributed by atoms with Crippen LogP contribution in [0.3, 0.4) is 0 Å². The number of carbonyl (C=O) groups is 2. The summed E-state index contributed by atoms with van der Waals surface area (Å²) in [5.41, 5.74) is 2.37. The number of methoxy groups -OCH3 is 2. The summed E-state index contributed by atoms with van der Waals surface area (Å²) in [6.45, 7) is 7.14. The van der Waals surface area contributed by atoms with Crippen molar-refractivity contribution >= 4 is 24.1 Å². The minimum atomic E-state index is -0.385. The molecule has 0 saturated carbocycles. The van der Waals surface area contributed by atoms with E-state index in [-0.39, 0.29) is 18.5 Å². The highest BCUT2D eigenvalue weighted by Gasteiger charge is 2.08. The van der Waals surface area contributed by atoms with Crippen molar-refractivity contribution in [3.63, 3.8) is 0 Å². The maximum absolute atomic E-state index is 12.2. The van der Waals surface area contributed by atoms with Gasteiger partial charge in [-0.3, -0.25) is 0 Å². The Morgan fingerprint density at radius 3 is 1.31 bits per heavy atom. The number of hydrogen-bond donors (Lipinski definition) is 1. The fourth-order valence-electron chi connectivity index (χ4n) is 5.62. The number of hydrogen-bond acceptors (Lipinski definition) is 11. The van der Waals surface area contributed by atoms with E-state index < -0.39 is 0 Å². The van der Waals surface area contributed by atoms with Crippen molar-refractivity contribution in [3.8, 4) is 34.5 Å². The first-order valence-corrected chi connectivity index (χ1v) is 20.7. The third-order valence-electron chi connectivity index (χ3n) is 8.94. The predicted molar refractivity (Wildman–Crippen MR) is 227 cm³/mol. The van der Waals surface area contributed by atoms with E-state index in [1.54, 1.807) is 26.4 Å². The number of aliphatic hydroxyl groups is 1. The molecule has 3 aromatic rings. The highest BCUT2D eigenvalue weighted by molar-refractivity contribution is 5.87. The van der Waals surface area contributed by atoms with Crippen molar-refractivity contribution in [3.05, 3.63) is 83.4 Å². The topological polar surface area (TPSA) is 128 Å². The Hall–Kier alpha value is -5.16. The number of benzene rings is 3. The van der Waals surface area contributed by atoms with Crippen LogP contribution in [0.1, 0.15) is 108 Å². The summed E-state index contributed by atoms with van der Waals surface area (Å²) in [6.07, 6.45) is 17.2. The molecule has 0 unspecified atom stereocenters. The number of rotatable bonds is 31. The quantitative estimate of drug-likeness (QED) is 0.0379. The largest absolute Gasteiger partial charge is 0.493 e. The summed E-state index contributed by atoms with van der Waals surface area (Å²) in [7, 11) is 3.19. The van der Waals surface area contributed by atoms with Gasteiger partial charge in [0.25, 0.3) is 0 Å². The van der Waals surface area contributed by atoms with E-state index in [0.29, 0.717) is 74.1 Å². The lowest BCUT2D eigenvalue weighted by Gasteiger charge is -2.12. The molecule has 0 aliphatic rings. The van der Waals surface area contributed by atoms with Crippen molar-refractivity contribution in [2.45, 2.75) is 97.5 Å². The Labute approximate surface area is 345 Å². The van der Waals surface area contributed by atoms with E-state index in [0.717, 1.165) is 93.7 Å². The van der Waals surface area contributed by atoms with Crippen molar-refractivity contribution in [2.75, 3.05) is 53.9 Å². The molecule has 0 aliphatic heterocycles. The van der Waals surface area contributed by atoms with Gasteiger partial charge < -0.3 is 43.0 Å². The Morgan fingerprint density at radius 1 is 0.500 bits per heavy atom. The predicted octanol–water partition coefficient (Wildman–Crippen LogP) is 9.95. The second-order valence-corrected chi connectivity index (χ2v) is 13.7. The summed E-state index contributed by atoms with van der Waals surface area (Å²) in [5, 5.41) is 9.75. The van der Waals surface area contributed by atoms with Crippen LogP contribution in [-0.4, -0.2) is 70.9 Å². The van der Waals surface area contributed by atoms with Gasteiger partial charge in [0.2, 0.25) is 0 Å². The first-order valence-electron chi connectivity index (χ1n) is 20.7. The minimum Gasteiger partial charge on any atom is -0.493 e. The number of aliphatic hydroxyl groups excluding tert-OH is 1. The fraction of sp³-hybridized carbons (Fsp3) is 0.489. The highest BCUT2D eigenvalue weighted by Crippen LogP contribution is 2.30. The first-order chi connectivity index (χ1) is 28.4. The van der Waals surface area contributed by atoms with E-state index >= 15 is 0 Å². The molecule has 0 fully saturated rings. The van der Waals surface area contributed by atoms with Gasteiger partial charge in [0.05, 0.1) is 60.5 Å². The lowest BCUT2D eigenvalue weighted by atomic mass is 10.2. The monoisotopic (exact) mass is 804 g/mol. The van der Waals surface area contributed by atoms with Crippen molar-refractivity contribution in [1.29, 1.82) is 0 Å². The van der Waals surface area contributed by atoms with Crippen molar-refractivity contribution in [1.82, 2.24) is 0 Å². The molecule has 0 amide bonds. The third-order valence-corrected chi connectivity index (χ3v) is 8.94. The van der Waals surface area contributed by atoms with Crippen LogP contribution in [0, 0.1) is 0 Å². The molecule has 0 radical (unpaired) electrons. The summed E-state index contributed by atoms with van der Waals surface area (Å²) in [4.78, 5) is 24.4. The Bertz CT molecular complexity index is 1570. The molecule has 0 atom stereocenters. The van der Waals surface area contributed by atoms with Crippen molar-refractivity contribution < 1.29 is 52.6 Å². The van der Waals surface area contributed by atoms with Crippen LogP contribution in [0.25, 0.3) is 12.2 Å². The van der Waals surface area contributed by atoms with Crippen molar-refractivity contribution in [2.24, 2.45) is 0 Å². The molecule has 11 nitrogen and oxygen atoms in total. The molecular formula is C47H64O11. The summed E-state index contributed by atoms with van der Waals surface area (Å²) in [6, 6.07) is 16.6. The number of ether oxygens (including phenoxy) is 8. The summed E-state index contributed by atoms with van der Waals surface area (Å²) < 4.78 is 45.0. The number of unbranched alkanes of at least 4 members (excludes halogenated alkanes) is 8. The zero-order valence-electron chi connectivity index (χ0n) is 35.0. The lowest BCUT2D eigenvalue weighted by molar-refractivity contribution is -0.138. The van der Waals surface area contributed by atoms with Crippen LogP contribution >= 0.6 is 0 Å². The van der Waals surface area contributed by atoms with E-state index in [2.05, 4.69) is 13.8 Å². The first kappa shape index (κ1) is 47.2. The van der Waals surface area contributed by atoms with Crippen LogP contribution in [0.2, 0.25) is 0 Å². The normalized spacial score (nSPS) is 11.1. The van der Waals surface area contributed by atoms with Gasteiger partial charge >= 0.3 is 11.9 Å². The van der Waals surface area contributed by atoms with Crippen LogP contribution in [0.15, 0.2) is 66.7 Å². The van der Waals surface area contributed by atoms with Gasteiger partial charge in [0.15, 0.2) is 23.0 Å². The van der Waals surface area contributed by atoms with Gasteiger partial charge in [0, 0.05) is 18.2 Å². The van der Waals surface area contributed by atoms with Crippen LogP contribution < -0.4 is 28.4 Å². The van der Waals surface area contributed by atoms with Gasteiger partial charge in [-0.15, -0.1) is 0 Å². The smallest absolute Gasteiger partial charge is 0.330 e. The molecule has 318 valence electrons.